The number of hydrogen-bond acceptors (Lipinski definition) is 3. The van der Waals surface area contributed by atoms with Crippen LogP contribution in [-0.4, -0.2) is 41.7 Å². The van der Waals surface area contributed by atoms with Gasteiger partial charge in [0.2, 0.25) is 0 Å². The minimum Gasteiger partial charge on any atom is -0.480 e. The van der Waals surface area contributed by atoms with E-state index >= 15 is 0 Å². The van der Waals surface area contributed by atoms with E-state index in [4.69, 9.17) is 5.73 Å². The molecule has 0 radical (unpaired) electrons. The predicted octanol–water partition coefficient (Wildman–Crippen LogP) is 1.69. The van der Waals surface area contributed by atoms with Crippen LogP contribution < -0.4 is 5.73 Å². The zero-order valence-electron chi connectivity index (χ0n) is 10.6. The molecule has 4 nitrogen and oxygen atoms in total. The second-order valence-corrected chi connectivity index (χ2v) is 4.17. The second kappa shape index (κ2) is 9.60. The number of carboxylic acid groups (broad SMARTS) is 1. The van der Waals surface area contributed by atoms with Crippen LogP contribution in [0.1, 0.15) is 46.0 Å². The third-order valence-corrected chi connectivity index (χ3v) is 2.77. The number of carbonyl (C=O) groups is 1. The lowest BCUT2D eigenvalue weighted by atomic mass is 10.1. The van der Waals surface area contributed by atoms with E-state index < -0.39 is 5.97 Å². The van der Waals surface area contributed by atoms with E-state index in [0.29, 0.717) is 13.1 Å². The third-order valence-electron chi connectivity index (χ3n) is 2.77. The maximum absolute atomic E-state index is 11.2. The first-order chi connectivity index (χ1) is 7.67. The lowest BCUT2D eigenvalue weighted by molar-refractivity contribution is -0.143. The summed E-state index contributed by atoms with van der Waals surface area (Å²) in [4.78, 5) is 13.2. The summed E-state index contributed by atoms with van der Waals surface area (Å²) in [5.41, 5.74) is 5.53. The maximum atomic E-state index is 11.2. The summed E-state index contributed by atoms with van der Waals surface area (Å²) >= 11 is 0. The van der Waals surface area contributed by atoms with Crippen LogP contribution in [0.25, 0.3) is 0 Å². The molecular weight excluding hydrogens is 204 g/mol. The lowest BCUT2D eigenvalue weighted by Gasteiger charge is -2.28. The summed E-state index contributed by atoms with van der Waals surface area (Å²) in [6, 6.07) is -0.352. The van der Waals surface area contributed by atoms with Crippen LogP contribution >= 0.6 is 0 Å². The van der Waals surface area contributed by atoms with Gasteiger partial charge in [-0.05, 0) is 19.4 Å². The minimum atomic E-state index is -0.710. The van der Waals surface area contributed by atoms with Gasteiger partial charge < -0.3 is 10.8 Å². The number of rotatable bonds is 10. The zero-order valence-corrected chi connectivity index (χ0v) is 10.6. The Labute approximate surface area is 98.8 Å². The summed E-state index contributed by atoms with van der Waals surface area (Å²) in [6.07, 6.45) is 4.85. The number of nitrogens with zero attached hydrogens (tertiary/aromatic N) is 1. The molecule has 3 N–H and O–H groups in total. The monoisotopic (exact) mass is 230 g/mol. The van der Waals surface area contributed by atoms with E-state index in [2.05, 4.69) is 13.8 Å². The molecular formula is C12H26N2O2. The van der Waals surface area contributed by atoms with E-state index in [9.17, 15) is 9.90 Å². The first kappa shape index (κ1) is 15.4. The molecule has 0 heterocycles. The molecule has 96 valence electrons. The van der Waals surface area contributed by atoms with Gasteiger partial charge in [0.05, 0.1) is 0 Å². The smallest absolute Gasteiger partial charge is 0.320 e. The summed E-state index contributed by atoms with van der Waals surface area (Å²) in [5, 5.41) is 9.21. The van der Waals surface area contributed by atoms with Crippen molar-refractivity contribution in [2.45, 2.75) is 52.0 Å². The Balaban J connectivity index is 4.32. The van der Waals surface area contributed by atoms with Gasteiger partial charge >= 0.3 is 5.97 Å². The summed E-state index contributed by atoms with van der Waals surface area (Å²) < 4.78 is 0. The van der Waals surface area contributed by atoms with Gasteiger partial charge in [0.1, 0.15) is 6.04 Å². The van der Waals surface area contributed by atoms with Crippen LogP contribution in [0.3, 0.4) is 0 Å². The molecule has 0 aliphatic rings. The fraction of sp³-hybridized carbons (Fsp3) is 0.917. The van der Waals surface area contributed by atoms with Crippen LogP contribution in [0.15, 0.2) is 0 Å². The molecule has 0 saturated heterocycles. The van der Waals surface area contributed by atoms with Gasteiger partial charge in [-0.1, -0.05) is 33.1 Å². The molecule has 0 spiro atoms. The Morgan fingerprint density at radius 3 is 2.31 bits per heavy atom. The summed E-state index contributed by atoms with van der Waals surface area (Å²) in [5.74, 6) is -0.710. The minimum absolute atomic E-state index is 0.352. The first-order valence-electron chi connectivity index (χ1n) is 6.34. The Hall–Kier alpha value is -0.610. The van der Waals surface area contributed by atoms with Crippen molar-refractivity contribution < 1.29 is 9.90 Å². The molecule has 1 unspecified atom stereocenters. The van der Waals surface area contributed by atoms with Crippen molar-refractivity contribution in [3.8, 4) is 0 Å². The number of carboxylic acids is 1. The number of aliphatic carboxylic acids is 1. The first-order valence-corrected chi connectivity index (χ1v) is 6.34. The van der Waals surface area contributed by atoms with Crippen LogP contribution in [-0.2, 0) is 4.79 Å². The molecule has 0 fully saturated rings. The fourth-order valence-electron chi connectivity index (χ4n) is 1.81. The average molecular weight is 230 g/mol. The number of unbranched alkanes of at least 4 members (excludes halogenated alkanes) is 2. The quantitative estimate of drug-likeness (QED) is 0.599. The molecule has 4 heteroatoms. The second-order valence-electron chi connectivity index (χ2n) is 4.17. The highest BCUT2D eigenvalue weighted by molar-refractivity contribution is 5.73. The molecule has 1 atom stereocenters. The molecule has 0 bridgehead atoms. The third kappa shape index (κ3) is 6.08. The molecule has 0 aliphatic heterocycles. The van der Waals surface area contributed by atoms with Gasteiger partial charge in [0.15, 0.2) is 0 Å². The van der Waals surface area contributed by atoms with E-state index in [1.165, 1.54) is 0 Å². The van der Waals surface area contributed by atoms with Crippen molar-refractivity contribution in [2.24, 2.45) is 5.73 Å². The highest BCUT2D eigenvalue weighted by atomic mass is 16.4. The Morgan fingerprint density at radius 2 is 1.88 bits per heavy atom. The van der Waals surface area contributed by atoms with Gasteiger partial charge in [-0.3, -0.25) is 9.69 Å². The average Bonchev–Trinajstić information content (AvgIpc) is 2.25. The van der Waals surface area contributed by atoms with E-state index in [0.717, 1.165) is 38.6 Å². The Morgan fingerprint density at radius 1 is 1.25 bits per heavy atom. The van der Waals surface area contributed by atoms with Gasteiger partial charge in [-0.25, -0.2) is 0 Å². The van der Waals surface area contributed by atoms with Crippen LogP contribution in [0.5, 0.6) is 0 Å². The zero-order chi connectivity index (χ0) is 12.4. The van der Waals surface area contributed by atoms with Crippen LogP contribution in [0.4, 0.5) is 0 Å². The molecule has 0 amide bonds. The topological polar surface area (TPSA) is 66.6 Å². The number of nitrogens with two attached hydrogens (primary N) is 1. The molecule has 0 saturated carbocycles. The molecule has 0 aromatic carbocycles. The van der Waals surface area contributed by atoms with Crippen molar-refractivity contribution in [2.75, 3.05) is 19.6 Å². The van der Waals surface area contributed by atoms with E-state index in [-0.39, 0.29) is 6.04 Å². The van der Waals surface area contributed by atoms with Gasteiger partial charge in [-0.2, -0.15) is 0 Å². The normalized spacial score (nSPS) is 13.0. The standard InChI is InChI=1S/C12H26N2O2/c1-3-5-7-11(12(15)16)14(10-8-13)9-6-4-2/h11H,3-10,13H2,1-2H3,(H,15,16). The lowest BCUT2D eigenvalue weighted by Crippen LogP contribution is -2.44. The van der Waals surface area contributed by atoms with E-state index in [1.54, 1.807) is 0 Å². The van der Waals surface area contributed by atoms with Crippen molar-refractivity contribution in [1.82, 2.24) is 4.90 Å². The highest BCUT2D eigenvalue weighted by Gasteiger charge is 2.23. The highest BCUT2D eigenvalue weighted by Crippen LogP contribution is 2.10. The van der Waals surface area contributed by atoms with Gasteiger partial charge in [0, 0.05) is 13.1 Å². The summed E-state index contributed by atoms with van der Waals surface area (Å²) in [7, 11) is 0. The Kier molecular flexibility index (Phi) is 9.24. The SMILES string of the molecule is CCCCC(C(=O)O)N(CCN)CCCC. The van der Waals surface area contributed by atoms with Crippen molar-refractivity contribution >= 4 is 5.97 Å². The van der Waals surface area contributed by atoms with Crippen LogP contribution in [0.2, 0.25) is 0 Å². The molecule has 0 aromatic rings. The maximum Gasteiger partial charge on any atom is 0.320 e. The van der Waals surface area contributed by atoms with Crippen molar-refractivity contribution in [1.29, 1.82) is 0 Å². The van der Waals surface area contributed by atoms with E-state index in [1.807, 2.05) is 4.90 Å². The largest absolute Gasteiger partial charge is 0.480 e. The molecule has 0 aliphatic carbocycles. The Bertz CT molecular complexity index is 186. The summed E-state index contributed by atoms with van der Waals surface area (Å²) in [6.45, 7) is 6.25. The van der Waals surface area contributed by atoms with Crippen LogP contribution in [0, 0.1) is 0 Å². The fourth-order valence-corrected chi connectivity index (χ4v) is 1.81. The predicted molar refractivity (Wildman–Crippen MR) is 66.5 cm³/mol. The van der Waals surface area contributed by atoms with Crippen molar-refractivity contribution in [3.05, 3.63) is 0 Å². The number of hydrogen-bond donors (Lipinski definition) is 2. The molecule has 16 heavy (non-hydrogen) atoms. The van der Waals surface area contributed by atoms with Gasteiger partial charge in [-0.15, -0.1) is 0 Å². The molecule has 0 rings (SSSR count). The van der Waals surface area contributed by atoms with Crippen molar-refractivity contribution in [3.63, 3.8) is 0 Å². The molecule has 0 aromatic heterocycles. The van der Waals surface area contributed by atoms with Gasteiger partial charge in [0.25, 0.3) is 0 Å².